The number of nitrogens with one attached hydrogen (secondary N) is 1. The van der Waals surface area contributed by atoms with Gasteiger partial charge in [-0.1, -0.05) is 18.2 Å². The molecule has 0 atom stereocenters. The van der Waals surface area contributed by atoms with E-state index < -0.39 is 5.60 Å². The summed E-state index contributed by atoms with van der Waals surface area (Å²) in [4.78, 5) is 14.1. The van der Waals surface area contributed by atoms with E-state index in [9.17, 15) is 4.79 Å². The van der Waals surface area contributed by atoms with Crippen molar-refractivity contribution in [2.75, 3.05) is 18.8 Å². The first kappa shape index (κ1) is 17.6. The number of ether oxygens (including phenoxy) is 1. The van der Waals surface area contributed by atoms with Crippen molar-refractivity contribution >= 4 is 11.8 Å². The van der Waals surface area contributed by atoms with Crippen molar-refractivity contribution in [3.05, 3.63) is 29.8 Å². The highest BCUT2D eigenvalue weighted by atomic mass is 16.6. The Bertz CT molecular complexity index is 521. The fourth-order valence-corrected chi connectivity index (χ4v) is 2.42. The second-order valence-corrected chi connectivity index (χ2v) is 7.13. The minimum absolute atomic E-state index is 0.188. The maximum atomic E-state index is 12.2. The molecule has 1 aromatic carbocycles. The number of nitrogens with two attached hydrogens (primary N) is 1. The zero-order valence-electron chi connectivity index (χ0n) is 14.5. The van der Waals surface area contributed by atoms with Gasteiger partial charge in [0.2, 0.25) is 0 Å². The second-order valence-electron chi connectivity index (χ2n) is 7.13. The predicted octanol–water partition coefficient (Wildman–Crippen LogP) is 3.15. The first-order valence-electron chi connectivity index (χ1n) is 8.40. The third-order valence-electron chi connectivity index (χ3n) is 3.74. The number of rotatable bonds is 7. The Morgan fingerprint density at radius 1 is 1.35 bits per heavy atom. The molecule has 0 saturated heterocycles. The molecule has 1 saturated carbocycles. The summed E-state index contributed by atoms with van der Waals surface area (Å²) in [6.07, 6.45) is 2.90. The van der Waals surface area contributed by atoms with E-state index >= 15 is 0 Å². The fourth-order valence-electron chi connectivity index (χ4n) is 2.42. The molecule has 0 radical (unpaired) electrons. The largest absolute Gasteiger partial charge is 0.444 e. The van der Waals surface area contributed by atoms with Gasteiger partial charge in [0, 0.05) is 24.8 Å². The first-order chi connectivity index (χ1) is 10.9. The highest BCUT2D eigenvalue weighted by molar-refractivity contribution is 5.69. The van der Waals surface area contributed by atoms with Crippen LogP contribution in [0.25, 0.3) is 0 Å². The molecule has 1 aromatic rings. The summed E-state index contributed by atoms with van der Waals surface area (Å²) < 4.78 is 5.49. The van der Waals surface area contributed by atoms with Gasteiger partial charge >= 0.3 is 6.09 Å². The van der Waals surface area contributed by atoms with Gasteiger partial charge in [-0.3, -0.25) is 0 Å². The van der Waals surface area contributed by atoms with E-state index in [-0.39, 0.29) is 6.09 Å². The summed E-state index contributed by atoms with van der Waals surface area (Å²) in [6.45, 7) is 8.05. The van der Waals surface area contributed by atoms with Crippen LogP contribution in [0.5, 0.6) is 0 Å². The maximum Gasteiger partial charge on any atom is 0.410 e. The van der Waals surface area contributed by atoms with E-state index in [1.165, 1.54) is 0 Å². The minimum atomic E-state index is -0.437. The van der Waals surface area contributed by atoms with Crippen LogP contribution in [0.2, 0.25) is 0 Å². The molecule has 1 fully saturated rings. The van der Waals surface area contributed by atoms with Gasteiger partial charge in [0.25, 0.3) is 0 Å². The van der Waals surface area contributed by atoms with E-state index in [0.717, 1.165) is 50.1 Å². The molecule has 0 unspecified atom stereocenters. The van der Waals surface area contributed by atoms with E-state index in [1.807, 2.05) is 49.9 Å². The van der Waals surface area contributed by atoms with Crippen molar-refractivity contribution in [2.24, 2.45) is 0 Å². The third kappa shape index (κ3) is 6.10. The number of nitrogens with zero attached hydrogens (tertiary/aromatic N) is 1. The number of anilines is 1. The molecular formula is C18H29N3O2. The summed E-state index contributed by atoms with van der Waals surface area (Å²) in [5, 5.41) is 3.39. The van der Waals surface area contributed by atoms with Gasteiger partial charge in [0.05, 0.1) is 0 Å². The lowest BCUT2D eigenvalue weighted by Crippen LogP contribution is -2.39. The van der Waals surface area contributed by atoms with Crippen molar-refractivity contribution in [3.63, 3.8) is 0 Å². The molecular weight excluding hydrogens is 290 g/mol. The van der Waals surface area contributed by atoms with E-state index in [0.29, 0.717) is 6.04 Å². The zero-order valence-corrected chi connectivity index (χ0v) is 14.5. The van der Waals surface area contributed by atoms with Crippen LogP contribution in [0.1, 0.15) is 45.6 Å². The molecule has 0 aliphatic heterocycles. The normalized spacial score (nSPS) is 14.6. The Hall–Kier alpha value is -1.75. The number of benzene rings is 1. The van der Waals surface area contributed by atoms with Crippen molar-refractivity contribution < 1.29 is 9.53 Å². The first-order valence-corrected chi connectivity index (χ1v) is 8.40. The standard InChI is InChI=1S/C18H29N3O2/c1-18(2,3)23-17(22)21(15-9-10-15)12-6-11-20-13-14-7-4-5-8-16(14)19/h4-5,7-8,15,20H,6,9-13,19H2,1-3H3. The van der Waals surface area contributed by atoms with Crippen molar-refractivity contribution in [1.29, 1.82) is 0 Å². The lowest BCUT2D eigenvalue weighted by atomic mass is 10.2. The smallest absolute Gasteiger partial charge is 0.410 e. The number of hydrogen-bond donors (Lipinski definition) is 2. The molecule has 1 amide bonds. The van der Waals surface area contributed by atoms with Crippen LogP contribution < -0.4 is 11.1 Å². The lowest BCUT2D eigenvalue weighted by molar-refractivity contribution is 0.0232. The van der Waals surface area contributed by atoms with Crippen LogP contribution in [0.15, 0.2) is 24.3 Å². The monoisotopic (exact) mass is 319 g/mol. The van der Waals surface area contributed by atoms with Gasteiger partial charge in [-0.2, -0.15) is 0 Å². The van der Waals surface area contributed by atoms with Crippen LogP contribution in [-0.4, -0.2) is 35.7 Å². The molecule has 1 aliphatic carbocycles. The van der Waals surface area contributed by atoms with Crippen molar-refractivity contribution in [2.45, 2.75) is 58.2 Å². The average Bonchev–Trinajstić information content (AvgIpc) is 3.27. The highest BCUT2D eigenvalue weighted by Crippen LogP contribution is 2.28. The molecule has 23 heavy (non-hydrogen) atoms. The summed E-state index contributed by atoms with van der Waals surface area (Å²) in [5.41, 5.74) is 7.41. The lowest BCUT2D eigenvalue weighted by Gasteiger charge is -2.27. The molecule has 1 aliphatic rings. The van der Waals surface area contributed by atoms with Gasteiger partial charge in [-0.25, -0.2) is 4.79 Å². The fraction of sp³-hybridized carbons (Fsp3) is 0.611. The molecule has 0 heterocycles. The SMILES string of the molecule is CC(C)(C)OC(=O)N(CCCNCc1ccccc1N)C1CC1. The van der Waals surface area contributed by atoms with Crippen LogP contribution in [0.4, 0.5) is 10.5 Å². The molecule has 3 N–H and O–H groups in total. The van der Waals surface area contributed by atoms with Gasteiger partial charge in [-0.15, -0.1) is 0 Å². The quantitative estimate of drug-likeness (QED) is 0.598. The van der Waals surface area contributed by atoms with E-state index in [2.05, 4.69) is 5.32 Å². The number of nitrogen functional groups attached to an aromatic ring is 1. The Kier molecular flexibility index (Phi) is 5.88. The van der Waals surface area contributed by atoms with Gasteiger partial charge < -0.3 is 20.7 Å². The van der Waals surface area contributed by atoms with Gasteiger partial charge in [0.15, 0.2) is 0 Å². The van der Waals surface area contributed by atoms with Gasteiger partial charge in [0.1, 0.15) is 5.60 Å². The Labute approximate surface area is 139 Å². The second kappa shape index (κ2) is 7.68. The van der Waals surface area contributed by atoms with Crippen molar-refractivity contribution in [1.82, 2.24) is 10.2 Å². The predicted molar refractivity (Wildman–Crippen MR) is 93.1 cm³/mol. The Balaban J connectivity index is 1.71. The third-order valence-corrected chi connectivity index (χ3v) is 3.74. The van der Waals surface area contributed by atoms with Crippen LogP contribution >= 0.6 is 0 Å². The molecule has 2 rings (SSSR count). The van der Waals surface area contributed by atoms with Crippen LogP contribution in [0, 0.1) is 0 Å². The Morgan fingerprint density at radius 2 is 2.04 bits per heavy atom. The van der Waals surface area contributed by atoms with E-state index in [1.54, 1.807) is 0 Å². The molecule has 0 spiro atoms. The van der Waals surface area contributed by atoms with Crippen molar-refractivity contribution in [3.8, 4) is 0 Å². The number of para-hydroxylation sites is 1. The zero-order chi connectivity index (χ0) is 16.9. The topological polar surface area (TPSA) is 67.6 Å². The molecule has 5 nitrogen and oxygen atoms in total. The maximum absolute atomic E-state index is 12.2. The summed E-state index contributed by atoms with van der Waals surface area (Å²) in [6, 6.07) is 8.24. The average molecular weight is 319 g/mol. The molecule has 0 aromatic heterocycles. The van der Waals surface area contributed by atoms with Crippen LogP contribution in [-0.2, 0) is 11.3 Å². The molecule has 5 heteroatoms. The summed E-state index contributed by atoms with van der Waals surface area (Å²) in [5.74, 6) is 0. The number of carbonyl (C=O) groups excluding carboxylic acids is 1. The summed E-state index contributed by atoms with van der Waals surface area (Å²) >= 11 is 0. The number of hydrogen-bond acceptors (Lipinski definition) is 4. The highest BCUT2D eigenvalue weighted by Gasteiger charge is 2.34. The molecule has 128 valence electrons. The Morgan fingerprint density at radius 3 is 2.65 bits per heavy atom. The molecule has 0 bridgehead atoms. The van der Waals surface area contributed by atoms with Gasteiger partial charge in [-0.05, 0) is 58.2 Å². The number of amides is 1. The number of carbonyl (C=O) groups is 1. The van der Waals surface area contributed by atoms with E-state index in [4.69, 9.17) is 10.5 Å². The summed E-state index contributed by atoms with van der Waals surface area (Å²) in [7, 11) is 0. The minimum Gasteiger partial charge on any atom is -0.444 e. The van der Waals surface area contributed by atoms with Crippen LogP contribution in [0.3, 0.4) is 0 Å².